The molecule has 25 heavy (non-hydrogen) atoms. The molecule has 3 rings (SSSR count). The molecular formula is C20H26N4O. The first-order valence-corrected chi connectivity index (χ1v) is 8.99. The van der Waals surface area contributed by atoms with Crippen molar-refractivity contribution in [2.24, 2.45) is 11.1 Å². The molecule has 5 heteroatoms. The van der Waals surface area contributed by atoms with Crippen molar-refractivity contribution in [3.05, 3.63) is 60.2 Å². The number of pyridine rings is 2. The maximum atomic E-state index is 12.2. The topological polar surface area (TPSA) is 72.1 Å². The van der Waals surface area contributed by atoms with Crippen LogP contribution >= 0.6 is 0 Å². The van der Waals surface area contributed by atoms with Crippen LogP contribution in [0.3, 0.4) is 0 Å². The number of aromatic nitrogens is 2. The van der Waals surface area contributed by atoms with Gasteiger partial charge in [-0.15, -0.1) is 0 Å². The summed E-state index contributed by atoms with van der Waals surface area (Å²) in [6.07, 6.45) is 9.88. The van der Waals surface area contributed by atoms with Gasteiger partial charge in [-0.2, -0.15) is 0 Å². The summed E-state index contributed by atoms with van der Waals surface area (Å²) in [4.78, 5) is 23.1. The van der Waals surface area contributed by atoms with Gasteiger partial charge in [-0.1, -0.05) is 12.1 Å². The van der Waals surface area contributed by atoms with Gasteiger partial charge in [-0.05, 0) is 69.0 Å². The summed E-state index contributed by atoms with van der Waals surface area (Å²) < 4.78 is 0. The number of hydrogen-bond acceptors (Lipinski definition) is 4. The standard InChI is InChI=1S/C20H26N4O/c21-19(25)20(8-3-7-18-6-1-2-12-23-18)9-13-24(14-10-20)16-17-5-4-11-22-15-17/h1-2,4-6,11-12,15H,3,7-10,13-14,16H2,(H2,21,25). The Hall–Kier alpha value is -2.27. The molecular weight excluding hydrogens is 312 g/mol. The molecule has 0 radical (unpaired) electrons. The lowest BCUT2D eigenvalue weighted by molar-refractivity contribution is -0.131. The van der Waals surface area contributed by atoms with Crippen molar-refractivity contribution in [1.82, 2.24) is 14.9 Å². The van der Waals surface area contributed by atoms with Gasteiger partial charge in [0.05, 0.1) is 5.41 Å². The van der Waals surface area contributed by atoms with Crippen molar-refractivity contribution in [2.75, 3.05) is 13.1 Å². The third-order valence-corrected chi connectivity index (χ3v) is 5.28. The zero-order valence-electron chi connectivity index (χ0n) is 14.6. The normalized spacial score (nSPS) is 17.3. The minimum absolute atomic E-state index is 0.144. The molecule has 0 aromatic carbocycles. The van der Waals surface area contributed by atoms with Gasteiger partial charge in [0.25, 0.3) is 0 Å². The second kappa shape index (κ2) is 8.21. The van der Waals surface area contributed by atoms with Crippen LogP contribution in [0.15, 0.2) is 48.9 Å². The molecule has 1 aliphatic heterocycles. The molecule has 3 heterocycles. The average Bonchev–Trinajstić information content (AvgIpc) is 2.65. The summed E-state index contributed by atoms with van der Waals surface area (Å²) in [5.41, 5.74) is 7.73. The van der Waals surface area contributed by atoms with Gasteiger partial charge in [-0.3, -0.25) is 19.7 Å². The lowest BCUT2D eigenvalue weighted by Gasteiger charge is -2.39. The Morgan fingerprint density at radius 2 is 2.00 bits per heavy atom. The largest absolute Gasteiger partial charge is 0.369 e. The Morgan fingerprint density at radius 3 is 2.64 bits per heavy atom. The van der Waals surface area contributed by atoms with Crippen molar-refractivity contribution in [3.8, 4) is 0 Å². The molecule has 1 saturated heterocycles. The van der Waals surface area contributed by atoms with Crippen LogP contribution in [0.2, 0.25) is 0 Å². The van der Waals surface area contributed by atoms with Gasteiger partial charge in [0.15, 0.2) is 0 Å². The number of rotatable bonds is 7. The van der Waals surface area contributed by atoms with E-state index in [-0.39, 0.29) is 11.3 Å². The van der Waals surface area contributed by atoms with E-state index in [2.05, 4.69) is 20.9 Å². The number of likely N-dealkylation sites (tertiary alicyclic amines) is 1. The van der Waals surface area contributed by atoms with Crippen molar-refractivity contribution in [2.45, 2.75) is 38.6 Å². The number of hydrogen-bond donors (Lipinski definition) is 1. The van der Waals surface area contributed by atoms with Gasteiger partial charge < -0.3 is 5.73 Å². The SMILES string of the molecule is NC(=O)C1(CCCc2ccccn2)CCN(Cc2cccnc2)CC1. The number of aryl methyl sites for hydroxylation is 1. The molecule has 0 unspecified atom stereocenters. The highest BCUT2D eigenvalue weighted by Gasteiger charge is 2.39. The van der Waals surface area contributed by atoms with Crippen molar-refractivity contribution >= 4 is 5.91 Å². The van der Waals surface area contributed by atoms with E-state index in [9.17, 15) is 4.79 Å². The number of carbonyl (C=O) groups is 1. The predicted octanol–water partition coefficient (Wildman–Crippen LogP) is 2.57. The van der Waals surface area contributed by atoms with Gasteiger partial charge >= 0.3 is 0 Å². The quantitative estimate of drug-likeness (QED) is 0.842. The molecule has 1 aliphatic rings. The van der Waals surface area contributed by atoms with Crippen LogP contribution < -0.4 is 5.73 Å². The predicted molar refractivity (Wildman–Crippen MR) is 97.6 cm³/mol. The van der Waals surface area contributed by atoms with E-state index < -0.39 is 0 Å². The average molecular weight is 338 g/mol. The number of carbonyl (C=O) groups excluding carboxylic acids is 1. The lowest BCUT2D eigenvalue weighted by atomic mass is 9.73. The summed E-state index contributed by atoms with van der Waals surface area (Å²) in [7, 11) is 0. The van der Waals surface area contributed by atoms with Gasteiger partial charge in [0.2, 0.25) is 5.91 Å². The van der Waals surface area contributed by atoms with E-state index >= 15 is 0 Å². The number of primary amides is 1. The van der Waals surface area contributed by atoms with Gasteiger partial charge in [-0.25, -0.2) is 0 Å². The van der Waals surface area contributed by atoms with Gasteiger partial charge in [0, 0.05) is 30.8 Å². The molecule has 5 nitrogen and oxygen atoms in total. The zero-order chi connectivity index (χ0) is 17.5. The Kier molecular flexibility index (Phi) is 5.76. The monoisotopic (exact) mass is 338 g/mol. The fourth-order valence-corrected chi connectivity index (χ4v) is 3.66. The molecule has 1 fully saturated rings. The molecule has 132 valence electrons. The van der Waals surface area contributed by atoms with E-state index in [1.54, 1.807) is 6.20 Å². The number of nitrogens with zero attached hydrogens (tertiary/aromatic N) is 3. The summed E-state index contributed by atoms with van der Waals surface area (Å²) >= 11 is 0. The molecule has 0 aliphatic carbocycles. The summed E-state index contributed by atoms with van der Waals surface area (Å²) in [5.74, 6) is -0.144. The van der Waals surface area contributed by atoms with Crippen LogP contribution in [0.1, 0.15) is 36.9 Å². The third kappa shape index (κ3) is 4.63. The van der Waals surface area contributed by atoms with E-state index in [1.165, 1.54) is 5.56 Å². The fourth-order valence-electron chi connectivity index (χ4n) is 3.66. The number of piperidine rings is 1. The minimum atomic E-state index is -0.361. The summed E-state index contributed by atoms with van der Waals surface area (Å²) in [6, 6.07) is 10.0. The van der Waals surface area contributed by atoms with Crippen LogP contribution in [-0.4, -0.2) is 33.9 Å². The lowest BCUT2D eigenvalue weighted by Crippen LogP contribution is -2.47. The molecule has 2 aromatic rings. The molecule has 0 atom stereocenters. The highest BCUT2D eigenvalue weighted by Crippen LogP contribution is 2.36. The Bertz CT molecular complexity index is 667. The van der Waals surface area contributed by atoms with Crippen molar-refractivity contribution in [1.29, 1.82) is 0 Å². The van der Waals surface area contributed by atoms with E-state index in [1.807, 2.05) is 36.7 Å². The third-order valence-electron chi connectivity index (χ3n) is 5.28. The summed E-state index contributed by atoms with van der Waals surface area (Å²) in [5, 5.41) is 0. The molecule has 0 saturated carbocycles. The highest BCUT2D eigenvalue weighted by molar-refractivity contribution is 5.80. The molecule has 1 amide bonds. The Labute approximate surface area is 149 Å². The fraction of sp³-hybridized carbons (Fsp3) is 0.450. The van der Waals surface area contributed by atoms with Crippen LogP contribution in [0.4, 0.5) is 0 Å². The first-order chi connectivity index (χ1) is 12.2. The first kappa shape index (κ1) is 17.5. The van der Waals surface area contributed by atoms with E-state index in [0.717, 1.165) is 57.4 Å². The molecule has 0 spiro atoms. The Morgan fingerprint density at radius 1 is 1.16 bits per heavy atom. The van der Waals surface area contributed by atoms with E-state index in [0.29, 0.717) is 0 Å². The molecule has 0 bridgehead atoms. The number of amides is 1. The molecule has 2 N–H and O–H groups in total. The van der Waals surface area contributed by atoms with Crippen molar-refractivity contribution in [3.63, 3.8) is 0 Å². The molecule has 2 aromatic heterocycles. The second-order valence-corrected chi connectivity index (χ2v) is 6.96. The van der Waals surface area contributed by atoms with E-state index in [4.69, 9.17) is 5.73 Å². The smallest absolute Gasteiger partial charge is 0.223 e. The van der Waals surface area contributed by atoms with Crippen molar-refractivity contribution < 1.29 is 4.79 Å². The number of nitrogens with two attached hydrogens (primary N) is 1. The first-order valence-electron chi connectivity index (χ1n) is 8.99. The second-order valence-electron chi connectivity index (χ2n) is 6.96. The maximum absolute atomic E-state index is 12.2. The van der Waals surface area contributed by atoms with Crippen LogP contribution in [0.5, 0.6) is 0 Å². The highest BCUT2D eigenvalue weighted by atomic mass is 16.1. The maximum Gasteiger partial charge on any atom is 0.223 e. The van der Waals surface area contributed by atoms with Crippen LogP contribution in [0.25, 0.3) is 0 Å². The summed E-state index contributed by atoms with van der Waals surface area (Å²) in [6.45, 7) is 2.69. The van der Waals surface area contributed by atoms with Gasteiger partial charge in [0.1, 0.15) is 0 Å². The van der Waals surface area contributed by atoms with Crippen LogP contribution in [0, 0.1) is 5.41 Å². The minimum Gasteiger partial charge on any atom is -0.369 e. The van der Waals surface area contributed by atoms with Crippen LogP contribution in [-0.2, 0) is 17.8 Å². The Balaban J connectivity index is 1.53. The zero-order valence-corrected chi connectivity index (χ0v) is 14.6.